The molecule has 0 fully saturated rings. The van der Waals surface area contributed by atoms with Gasteiger partial charge in [-0.05, 0) is 41.4 Å². The summed E-state index contributed by atoms with van der Waals surface area (Å²) in [7, 11) is 1.62. The Balaban J connectivity index is 2.82. The molecule has 1 unspecified atom stereocenters. The third-order valence-corrected chi connectivity index (χ3v) is 3.21. The minimum atomic E-state index is 0.275. The number of aromatic hydroxyl groups is 1. The molecule has 0 saturated heterocycles. The van der Waals surface area contributed by atoms with Gasteiger partial charge < -0.3 is 15.2 Å². The normalized spacial score (nSPS) is 12.5. The molecule has 0 amide bonds. The molecule has 0 aromatic heterocycles. The van der Waals surface area contributed by atoms with Crippen LogP contribution in [0.15, 0.2) is 16.6 Å². The molecular formula is C12H18BrNO2. The molecular weight excluding hydrogens is 270 g/mol. The van der Waals surface area contributed by atoms with Crippen LogP contribution in [0.5, 0.6) is 11.5 Å². The molecule has 0 bridgehead atoms. The summed E-state index contributed by atoms with van der Waals surface area (Å²) in [5, 5.41) is 13.2. The van der Waals surface area contributed by atoms with E-state index in [4.69, 9.17) is 4.74 Å². The van der Waals surface area contributed by atoms with Crippen LogP contribution in [0.25, 0.3) is 0 Å². The maximum Gasteiger partial charge on any atom is 0.134 e. The molecule has 0 aliphatic heterocycles. The van der Waals surface area contributed by atoms with E-state index in [1.807, 2.05) is 6.07 Å². The van der Waals surface area contributed by atoms with Gasteiger partial charge in [-0.2, -0.15) is 0 Å². The highest BCUT2D eigenvalue weighted by atomic mass is 79.9. The summed E-state index contributed by atoms with van der Waals surface area (Å²) in [6.45, 7) is 4.88. The van der Waals surface area contributed by atoms with Crippen LogP contribution in [0.4, 0.5) is 0 Å². The van der Waals surface area contributed by atoms with Crippen molar-refractivity contribution in [2.45, 2.75) is 32.9 Å². The van der Waals surface area contributed by atoms with Crippen molar-refractivity contribution in [3.05, 3.63) is 22.2 Å². The van der Waals surface area contributed by atoms with Crippen molar-refractivity contribution in [2.75, 3.05) is 7.11 Å². The molecule has 0 spiro atoms. The molecule has 0 saturated carbocycles. The zero-order valence-corrected chi connectivity index (χ0v) is 11.5. The number of nitrogens with one attached hydrogen (secondary N) is 1. The fourth-order valence-corrected chi connectivity index (χ4v) is 1.79. The first kappa shape index (κ1) is 13.3. The van der Waals surface area contributed by atoms with Crippen molar-refractivity contribution >= 4 is 15.9 Å². The van der Waals surface area contributed by atoms with E-state index in [-0.39, 0.29) is 5.75 Å². The van der Waals surface area contributed by atoms with Crippen LogP contribution in [0, 0.1) is 0 Å². The SMILES string of the molecule is CCC(C)NCc1cc(OC)cc(Br)c1O. The maximum absolute atomic E-state index is 9.86. The van der Waals surface area contributed by atoms with Gasteiger partial charge in [0.1, 0.15) is 11.5 Å². The Kier molecular flexibility index (Phi) is 5.09. The first-order valence-electron chi connectivity index (χ1n) is 5.37. The van der Waals surface area contributed by atoms with E-state index in [1.165, 1.54) is 0 Å². The summed E-state index contributed by atoms with van der Waals surface area (Å²) in [6.07, 6.45) is 1.06. The number of methoxy groups -OCH3 is 1. The fourth-order valence-electron chi connectivity index (χ4n) is 1.31. The van der Waals surface area contributed by atoms with Gasteiger partial charge in [0.15, 0.2) is 0 Å². The molecule has 3 nitrogen and oxygen atoms in total. The minimum absolute atomic E-state index is 0.275. The van der Waals surface area contributed by atoms with Crippen LogP contribution in [-0.2, 0) is 6.54 Å². The summed E-state index contributed by atoms with van der Waals surface area (Å²) in [5.74, 6) is 1.02. The van der Waals surface area contributed by atoms with Crippen LogP contribution in [0.1, 0.15) is 25.8 Å². The number of phenolic OH excluding ortho intramolecular Hbond substituents is 1. The summed E-state index contributed by atoms with van der Waals surface area (Å²) in [5.41, 5.74) is 0.839. The first-order chi connectivity index (χ1) is 7.58. The molecule has 0 radical (unpaired) electrons. The van der Waals surface area contributed by atoms with E-state index in [9.17, 15) is 5.11 Å². The van der Waals surface area contributed by atoms with Gasteiger partial charge in [0.25, 0.3) is 0 Å². The Morgan fingerprint density at radius 3 is 2.75 bits per heavy atom. The molecule has 1 aromatic carbocycles. The number of ether oxygens (including phenoxy) is 1. The monoisotopic (exact) mass is 287 g/mol. The van der Waals surface area contributed by atoms with Crippen molar-refractivity contribution in [1.29, 1.82) is 0 Å². The predicted octanol–water partition coefficient (Wildman–Crippen LogP) is 3.05. The van der Waals surface area contributed by atoms with Gasteiger partial charge in [0.05, 0.1) is 11.6 Å². The molecule has 1 rings (SSSR count). The van der Waals surface area contributed by atoms with Crippen LogP contribution < -0.4 is 10.1 Å². The lowest BCUT2D eigenvalue weighted by Crippen LogP contribution is -2.24. The summed E-state index contributed by atoms with van der Waals surface area (Å²) in [4.78, 5) is 0. The van der Waals surface area contributed by atoms with E-state index in [0.29, 0.717) is 17.1 Å². The number of halogens is 1. The molecule has 1 atom stereocenters. The molecule has 0 heterocycles. The second-order valence-corrected chi connectivity index (χ2v) is 4.66. The molecule has 2 N–H and O–H groups in total. The number of hydrogen-bond acceptors (Lipinski definition) is 3. The van der Waals surface area contributed by atoms with E-state index in [0.717, 1.165) is 17.7 Å². The Labute approximate surface area is 105 Å². The van der Waals surface area contributed by atoms with Gasteiger partial charge >= 0.3 is 0 Å². The van der Waals surface area contributed by atoms with Gasteiger partial charge in [-0.1, -0.05) is 6.92 Å². The van der Waals surface area contributed by atoms with Crippen molar-refractivity contribution < 1.29 is 9.84 Å². The third-order valence-electron chi connectivity index (χ3n) is 2.60. The molecule has 0 aliphatic rings. The second kappa shape index (κ2) is 6.11. The Hall–Kier alpha value is -0.740. The Morgan fingerprint density at radius 1 is 1.50 bits per heavy atom. The molecule has 16 heavy (non-hydrogen) atoms. The highest BCUT2D eigenvalue weighted by Gasteiger charge is 2.09. The van der Waals surface area contributed by atoms with Crippen LogP contribution in [0.2, 0.25) is 0 Å². The highest BCUT2D eigenvalue weighted by Crippen LogP contribution is 2.32. The van der Waals surface area contributed by atoms with Crippen LogP contribution in [-0.4, -0.2) is 18.3 Å². The summed E-state index contributed by atoms with van der Waals surface area (Å²) < 4.78 is 5.81. The number of benzene rings is 1. The third kappa shape index (κ3) is 3.39. The summed E-state index contributed by atoms with van der Waals surface area (Å²) in [6, 6.07) is 4.03. The lowest BCUT2D eigenvalue weighted by atomic mass is 10.1. The van der Waals surface area contributed by atoms with Crippen molar-refractivity contribution in [3.63, 3.8) is 0 Å². The average molecular weight is 288 g/mol. The van der Waals surface area contributed by atoms with E-state index in [2.05, 4.69) is 35.1 Å². The molecule has 4 heteroatoms. The molecule has 0 aliphatic carbocycles. The van der Waals surface area contributed by atoms with Crippen LogP contribution in [0.3, 0.4) is 0 Å². The maximum atomic E-state index is 9.86. The van der Waals surface area contributed by atoms with Gasteiger partial charge in [0, 0.05) is 18.2 Å². The van der Waals surface area contributed by atoms with Gasteiger partial charge in [-0.15, -0.1) is 0 Å². The lowest BCUT2D eigenvalue weighted by molar-refractivity contribution is 0.408. The van der Waals surface area contributed by atoms with Gasteiger partial charge in [-0.25, -0.2) is 0 Å². The van der Waals surface area contributed by atoms with Gasteiger partial charge in [0.2, 0.25) is 0 Å². The predicted molar refractivity (Wildman–Crippen MR) is 69.0 cm³/mol. The van der Waals surface area contributed by atoms with Gasteiger partial charge in [-0.3, -0.25) is 0 Å². The van der Waals surface area contributed by atoms with E-state index < -0.39 is 0 Å². The largest absolute Gasteiger partial charge is 0.506 e. The zero-order valence-electron chi connectivity index (χ0n) is 9.88. The minimum Gasteiger partial charge on any atom is -0.506 e. The fraction of sp³-hybridized carbons (Fsp3) is 0.500. The van der Waals surface area contributed by atoms with Crippen molar-refractivity contribution in [3.8, 4) is 11.5 Å². The standard InChI is InChI=1S/C12H18BrNO2/c1-4-8(2)14-7-9-5-10(16-3)6-11(13)12(9)15/h5-6,8,14-15H,4,7H2,1-3H3. The number of phenols is 1. The quantitative estimate of drug-likeness (QED) is 0.875. The van der Waals surface area contributed by atoms with E-state index in [1.54, 1.807) is 13.2 Å². The smallest absolute Gasteiger partial charge is 0.134 e. The highest BCUT2D eigenvalue weighted by molar-refractivity contribution is 9.10. The Bertz CT molecular complexity index is 355. The van der Waals surface area contributed by atoms with Crippen LogP contribution >= 0.6 is 15.9 Å². The van der Waals surface area contributed by atoms with E-state index >= 15 is 0 Å². The molecule has 90 valence electrons. The molecule has 1 aromatic rings. The van der Waals surface area contributed by atoms with Crippen molar-refractivity contribution in [2.24, 2.45) is 0 Å². The first-order valence-corrected chi connectivity index (χ1v) is 6.16. The van der Waals surface area contributed by atoms with Crippen molar-refractivity contribution in [1.82, 2.24) is 5.32 Å². The number of rotatable bonds is 5. The summed E-state index contributed by atoms with van der Waals surface area (Å²) >= 11 is 3.30. The Morgan fingerprint density at radius 2 is 2.19 bits per heavy atom. The average Bonchev–Trinajstić information content (AvgIpc) is 2.30. The second-order valence-electron chi connectivity index (χ2n) is 3.81. The zero-order chi connectivity index (χ0) is 12.1. The topological polar surface area (TPSA) is 41.5 Å². The lowest BCUT2D eigenvalue weighted by Gasteiger charge is -2.14. The number of hydrogen-bond donors (Lipinski definition) is 2.